The van der Waals surface area contributed by atoms with Crippen LogP contribution in [0, 0.1) is 13.8 Å². The Labute approximate surface area is 195 Å². The van der Waals surface area contributed by atoms with Gasteiger partial charge in [0.05, 0.1) is 18.7 Å². The summed E-state index contributed by atoms with van der Waals surface area (Å²) in [5.41, 5.74) is 3.43. The molecule has 7 heteroatoms. The molecule has 0 saturated heterocycles. The molecule has 0 radical (unpaired) electrons. The van der Waals surface area contributed by atoms with Crippen LogP contribution in [0.1, 0.15) is 33.3 Å². The molecule has 1 amide bonds. The van der Waals surface area contributed by atoms with Crippen LogP contribution in [0.15, 0.2) is 82.7 Å². The Morgan fingerprint density at radius 2 is 1.85 bits per heavy atom. The molecule has 3 heterocycles. The Balaban J connectivity index is 1.68. The van der Waals surface area contributed by atoms with Crippen LogP contribution < -0.4 is 9.64 Å². The number of ketones is 1. The number of aliphatic hydroxyl groups is 1. The fourth-order valence-electron chi connectivity index (χ4n) is 4.37. The van der Waals surface area contributed by atoms with Crippen LogP contribution in [0.25, 0.3) is 11.0 Å². The fourth-order valence-corrected chi connectivity index (χ4v) is 4.37. The number of anilines is 1. The highest BCUT2D eigenvalue weighted by molar-refractivity contribution is 6.21. The van der Waals surface area contributed by atoms with Crippen molar-refractivity contribution >= 4 is 28.3 Å². The molecule has 1 aliphatic heterocycles. The minimum atomic E-state index is -0.849. The van der Waals surface area contributed by atoms with Crippen molar-refractivity contribution in [1.29, 1.82) is 0 Å². The number of aryl methyl sites for hydroxylation is 2. The van der Waals surface area contributed by atoms with Gasteiger partial charge in [0.1, 0.15) is 0 Å². The molecule has 1 N–H and O–H groups in total. The number of aliphatic hydroxyl groups excluding tert-OH is 1. The Bertz CT molecular complexity index is 1470. The average Bonchev–Trinajstić information content (AvgIpc) is 3.40. The number of fused-ring (bicyclic) bond motifs is 1. The maximum absolute atomic E-state index is 13.7. The van der Waals surface area contributed by atoms with Crippen LogP contribution in [0.4, 0.5) is 5.69 Å². The van der Waals surface area contributed by atoms with Crippen LogP contribution in [0.3, 0.4) is 0 Å². The molecule has 1 unspecified atom stereocenters. The second kappa shape index (κ2) is 8.19. The zero-order valence-electron chi connectivity index (χ0n) is 18.9. The van der Waals surface area contributed by atoms with E-state index in [-0.39, 0.29) is 11.3 Å². The monoisotopic (exact) mass is 454 g/mol. The lowest BCUT2D eigenvalue weighted by Crippen LogP contribution is -2.31. The molecular weight excluding hydrogens is 432 g/mol. The van der Waals surface area contributed by atoms with E-state index in [4.69, 9.17) is 9.15 Å². The fraction of sp³-hybridized carbons (Fsp3) is 0.148. The number of nitrogens with zero attached hydrogens (tertiary/aromatic N) is 2. The summed E-state index contributed by atoms with van der Waals surface area (Å²) in [6, 6.07) is 15.2. The molecule has 5 rings (SSSR count). The van der Waals surface area contributed by atoms with E-state index in [1.807, 2.05) is 32.0 Å². The first-order chi connectivity index (χ1) is 16.4. The second-order valence-corrected chi connectivity index (χ2v) is 8.23. The van der Waals surface area contributed by atoms with E-state index in [9.17, 15) is 14.7 Å². The molecule has 1 aliphatic rings. The number of methoxy groups -OCH3 is 1. The van der Waals surface area contributed by atoms with Crippen molar-refractivity contribution in [3.05, 3.63) is 101 Å². The number of hydrogen-bond donors (Lipinski definition) is 1. The minimum absolute atomic E-state index is 0.00993. The molecule has 2 aromatic heterocycles. The first kappa shape index (κ1) is 21.5. The number of para-hydroxylation sites is 1. The van der Waals surface area contributed by atoms with Gasteiger partial charge in [-0.3, -0.25) is 19.5 Å². The predicted octanol–water partition coefficient (Wildman–Crippen LogP) is 5.24. The van der Waals surface area contributed by atoms with Crippen LogP contribution in [-0.2, 0) is 4.79 Å². The van der Waals surface area contributed by atoms with E-state index in [0.29, 0.717) is 28.0 Å². The number of amides is 1. The number of pyridine rings is 1. The Kier molecular flexibility index (Phi) is 5.17. The van der Waals surface area contributed by atoms with Gasteiger partial charge in [0.2, 0.25) is 5.78 Å². The van der Waals surface area contributed by atoms with Gasteiger partial charge in [-0.25, -0.2) is 0 Å². The molecule has 0 fully saturated rings. The molecule has 34 heavy (non-hydrogen) atoms. The largest absolute Gasteiger partial charge is 0.503 e. The quantitative estimate of drug-likeness (QED) is 0.415. The highest BCUT2D eigenvalue weighted by Crippen LogP contribution is 2.43. The SMILES string of the molecule is COc1cccc2cc(C(=O)C3=C(O)C(=O)N(c4cc(C)ccc4C)C3c3ccncc3)oc12. The van der Waals surface area contributed by atoms with Crippen molar-refractivity contribution in [3.8, 4) is 5.75 Å². The highest BCUT2D eigenvalue weighted by Gasteiger charge is 2.45. The van der Waals surface area contributed by atoms with Crippen molar-refractivity contribution in [2.45, 2.75) is 19.9 Å². The number of hydrogen-bond acceptors (Lipinski definition) is 6. The third-order valence-electron chi connectivity index (χ3n) is 6.05. The first-order valence-electron chi connectivity index (χ1n) is 10.8. The van der Waals surface area contributed by atoms with Crippen LogP contribution in [0.2, 0.25) is 0 Å². The minimum Gasteiger partial charge on any atom is -0.503 e. The summed E-state index contributed by atoms with van der Waals surface area (Å²) in [5, 5.41) is 11.7. The standard InChI is InChI=1S/C27H22N2O5/c1-15-7-8-16(2)19(13-15)29-23(17-9-11-28-12-10-17)22(25(31)27(29)32)24(30)21-14-18-5-4-6-20(33-3)26(18)34-21/h4-14,23,31H,1-3H3. The summed E-state index contributed by atoms with van der Waals surface area (Å²) < 4.78 is 11.2. The smallest absolute Gasteiger partial charge is 0.294 e. The van der Waals surface area contributed by atoms with E-state index >= 15 is 0 Å². The number of carbonyl (C=O) groups excluding carboxylic acids is 2. The van der Waals surface area contributed by atoms with Gasteiger partial charge in [-0.05, 0) is 60.9 Å². The first-order valence-corrected chi connectivity index (χ1v) is 10.8. The zero-order valence-corrected chi connectivity index (χ0v) is 18.9. The van der Waals surface area contributed by atoms with Crippen molar-refractivity contribution in [3.63, 3.8) is 0 Å². The lowest BCUT2D eigenvalue weighted by Gasteiger charge is -2.28. The number of benzene rings is 2. The molecule has 170 valence electrons. The van der Waals surface area contributed by atoms with E-state index in [0.717, 1.165) is 11.1 Å². The normalized spacial score (nSPS) is 15.9. The van der Waals surface area contributed by atoms with Crippen molar-refractivity contribution in [2.75, 3.05) is 12.0 Å². The van der Waals surface area contributed by atoms with Gasteiger partial charge < -0.3 is 14.3 Å². The van der Waals surface area contributed by atoms with E-state index in [1.54, 1.807) is 48.8 Å². The van der Waals surface area contributed by atoms with Crippen LogP contribution in [0.5, 0.6) is 5.75 Å². The molecule has 0 bridgehead atoms. The molecule has 0 spiro atoms. The van der Waals surface area contributed by atoms with E-state index < -0.39 is 23.5 Å². The Morgan fingerprint density at radius 3 is 2.59 bits per heavy atom. The van der Waals surface area contributed by atoms with E-state index in [2.05, 4.69) is 4.98 Å². The Morgan fingerprint density at radius 1 is 1.09 bits per heavy atom. The van der Waals surface area contributed by atoms with Crippen molar-refractivity contribution < 1.29 is 23.8 Å². The van der Waals surface area contributed by atoms with Gasteiger partial charge in [-0.1, -0.05) is 24.3 Å². The second-order valence-electron chi connectivity index (χ2n) is 8.23. The van der Waals surface area contributed by atoms with Crippen molar-refractivity contribution in [2.24, 2.45) is 0 Å². The van der Waals surface area contributed by atoms with Gasteiger partial charge in [0.15, 0.2) is 22.9 Å². The highest BCUT2D eigenvalue weighted by atomic mass is 16.5. The topological polar surface area (TPSA) is 92.9 Å². The molecule has 4 aromatic rings. The summed E-state index contributed by atoms with van der Waals surface area (Å²) in [4.78, 5) is 32.6. The third kappa shape index (κ3) is 3.33. The van der Waals surface area contributed by atoms with Crippen molar-refractivity contribution in [1.82, 2.24) is 4.98 Å². The number of ether oxygens (including phenoxy) is 1. The maximum atomic E-state index is 13.7. The van der Waals surface area contributed by atoms with Gasteiger partial charge in [-0.2, -0.15) is 0 Å². The van der Waals surface area contributed by atoms with Gasteiger partial charge in [-0.15, -0.1) is 0 Å². The van der Waals surface area contributed by atoms with Gasteiger partial charge >= 0.3 is 0 Å². The molecule has 2 aromatic carbocycles. The summed E-state index contributed by atoms with van der Waals surface area (Å²) in [5.74, 6) is -1.32. The number of aromatic nitrogens is 1. The Hall–Kier alpha value is -4.39. The predicted molar refractivity (Wildman–Crippen MR) is 127 cm³/mol. The maximum Gasteiger partial charge on any atom is 0.294 e. The molecule has 1 atom stereocenters. The average molecular weight is 454 g/mol. The molecule has 0 saturated carbocycles. The number of furan rings is 1. The number of carbonyl (C=O) groups is 2. The summed E-state index contributed by atoms with van der Waals surface area (Å²) in [6.07, 6.45) is 3.18. The van der Waals surface area contributed by atoms with Crippen LogP contribution >= 0.6 is 0 Å². The summed E-state index contributed by atoms with van der Waals surface area (Å²) in [6.45, 7) is 3.81. The zero-order chi connectivity index (χ0) is 24.0. The summed E-state index contributed by atoms with van der Waals surface area (Å²) in [7, 11) is 1.52. The molecular formula is C27H22N2O5. The lowest BCUT2D eigenvalue weighted by atomic mass is 9.95. The number of rotatable bonds is 5. The van der Waals surface area contributed by atoms with Gasteiger partial charge in [0, 0.05) is 23.5 Å². The number of Topliss-reactive ketones (excluding diaryl/α,β-unsaturated/α-hetero) is 1. The lowest BCUT2D eigenvalue weighted by molar-refractivity contribution is -0.117. The van der Waals surface area contributed by atoms with Gasteiger partial charge in [0.25, 0.3) is 5.91 Å². The molecule has 7 nitrogen and oxygen atoms in total. The van der Waals surface area contributed by atoms with Crippen LogP contribution in [-0.4, -0.2) is 28.9 Å². The third-order valence-corrected chi connectivity index (χ3v) is 6.05. The van der Waals surface area contributed by atoms with E-state index in [1.165, 1.54) is 12.0 Å². The molecule has 0 aliphatic carbocycles. The summed E-state index contributed by atoms with van der Waals surface area (Å²) >= 11 is 0.